The lowest BCUT2D eigenvalue weighted by molar-refractivity contribution is 0.281. The van der Waals surface area contributed by atoms with Crippen LogP contribution < -0.4 is 4.74 Å². The molecule has 4 heteroatoms. The lowest BCUT2D eigenvalue weighted by Crippen LogP contribution is -1.89. The molecule has 2 aromatic carbocycles. The fourth-order valence-corrected chi connectivity index (χ4v) is 1.52. The molecule has 0 spiro atoms. The third-order valence-electron chi connectivity index (χ3n) is 2.25. The minimum Gasteiger partial charge on any atom is -0.454 e. The van der Waals surface area contributed by atoms with Gasteiger partial charge in [-0.25, -0.2) is 4.39 Å². The van der Waals surface area contributed by atoms with Crippen LogP contribution in [0.1, 0.15) is 5.56 Å². The largest absolute Gasteiger partial charge is 0.454 e. The summed E-state index contributed by atoms with van der Waals surface area (Å²) >= 11 is 5.64. The van der Waals surface area contributed by atoms with Crippen LogP contribution in [-0.4, -0.2) is 5.11 Å². The zero-order valence-electron chi connectivity index (χ0n) is 8.86. The number of ether oxygens (including phenoxy) is 1. The van der Waals surface area contributed by atoms with E-state index in [2.05, 4.69) is 0 Å². The van der Waals surface area contributed by atoms with Gasteiger partial charge in [0.1, 0.15) is 5.75 Å². The molecule has 2 rings (SSSR count). The number of hydrogen-bond acceptors (Lipinski definition) is 2. The van der Waals surface area contributed by atoms with Crippen LogP contribution in [0.3, 0.4) is 0 Å². The van der Waals surface area contributed by atoms with Gasteiger partial charge in [0, 0.05) is 0 Å². The van der Waals surface area contributed by atoms with Crippen molar-refractivity contribution in [1.29, 1.82) is 0 Å². The molecular weight excluding hydrogens is 243 g/mol. The molecule has 0 atom stereocenters. The highest BCUT2D eigenvalue weighted by Crippen LogP contribution is 2.28. The molecule has 0 bridgehead atoms. The van der Waals surface area contributed by atoms with Crippen LogP contribution in [0, 0.1) is 5.82 Å². The zero-order chi connectivity index (χ0) is 12.3. The van der Waals surface area contributed by atoms with Gasteiger partial charge in [0.15, 0.2) is 11.6 Å². The second-order valence-corrected chi connectivity index (χ2v) is 3.86. The average molecular weight is 253 g/mol. The maximum absolute atomic E-state index is 13.5. The van der Waals surface area contributed by atoms with Gasteiger partial charge in [-0.2, -0.15) is 0 Å². The van der Waals surface area contributed by atoms with E-state index in [-0.39, 0.29) is 17.4 Å². The van der Waals surface area contributed by atoms with E-state index in [4.69, 9.17) is 21.4 Å². The van der Waals surface area contributed by atoms with Crippen LogP contribution in [0.5, 0.6) is 11.5 Å². The van der Waals surface area contributed by atoms with Crippen LogP contribution in [0.15, 0.2) is 42.5 Å². The molecule has 0 fully saturated rings. The molecule has 0 saturated heterocycles. The minimum atomic E-state index is -0.583. The first kappa shape index (κ1) is 11.9. The molecule has 0 aliphatic rings. The third kappa shape index (κ3) is 2.75. The topological polar surface area (TPSA) is 29.5 Å². The number of aliphatic hydroxyl groups is 1. The van der Waals surface area contributed by atoms with E-state index in [0.29, 0.717) is 5.75 Å². The van der Waals surface area contributed by atoms with Gasteiger partial charge < -0.3 is 9.84 Å². The molecule has 1 N–H and O–H groups in total. The van der Waals surface area contributed by atoms with Crippen molar-refractivity contribution >= 4 is 11.6 Å². The second kappa shape index (κ2) is 5.17. The van der Waals surface area contributed by atoms with E-state index >= 15 is 0 Å². The van der Waals surface area contributed by atoms with E-state index in [1.807, 2.05) is 0 Å². The van der Waals surface area contributed by atoms with Crippen LogP contribution in [0.2, 0.25) is 5.02 Å². The van der Waals surface area contributed by atoms with E-state index in [0.717, 1.165) is 5.56 Å². The lowest BCUT2D eigenvalue weighted by atomic mass is 10.2. The Bertz CT molecular complexity index is 511. The minimum absolute atomic E-state index is 0.0227. The first-order chi connectivity index (χ1) is 8.20. The van der Waals surface area contributed by atoms with Crippen molar-refractivity contribution in [3.05, 3.63) is 58.9 Å². The number of hydrogen-bond donors (Lipinski definition) is 1. The molecule has 17 heavy (non-hydrogen) atoms. The molecule has 88 valence electrons. The van der Waals surface area contributed by atoms with E-state index in [9.17, 15) is 4.39 Å². The van der Waals surface area contributed by atoms with Crippen molar-refractivity contribution in [3.63, 3.8) is 0 Å². The summed E-state index contributed by atoms with van der Waals surface area (Å²) in [5.74, 6) is -0.0157. The van der Waals surface area contributed by atoms with Crippen LogP contribution in [0.4, 0.5) is 4.39 Å². The Hall–Kier alpha value is -1.58. The Morgan fingerprint density at radius 3 is 2.47 bits per heavy atom. The van der Waals surface area contributed by atoms with Gasteiger partial charge >= 0.3 is 0 Å². The van der Waals surface area contributed by atoms with Gasteiger partial charge in [-0.1, -0.05) is 29.8 Å². The van der Waals surface area contributed by atoms with E-state index in [1.54, 1.807) is 30.3 Å². The van der Waals surface area contributed by atoms with E-state index in [1.165, 1.54) is 12.1 Å². The average Bonchev–Trinajstić information content (AvgIpc) is 2.36. The molecule has 0 saturated carbocycles. The van der Waals surface area contributed by atoms with E-state index < -0.39 is 5.82 Å². The zero-order valence-corrected chi connectivity index (χ0v) is 9.62. The highest BCUT2D eigenvalue weighted by Gasteiger charge is 2.08. The van der Waals surface area contributed by atoms with Crippen LogP contribution in [0.25, 0.3) is 0 Å². The molecular formula is C13H10ClFO2. The summed E-state index contributed by atoms with van der Waals surface area (Å²) in [6.45, 7) is -0.0359. The predicted molar refractivity (Wildman–Crippen MR) is 63.8 cm³/mol. The van der Waals surface area contributed by atoms with Crippen molar-refractivity contribution in [3.8, 4) is 11.5 Å². The molecule has 2 nitrogen and oxygen atoms in total. The Morgan fingerprint density at radius 2 is 1.82 bits per heavy atom. The third-order valence-corrected chi connectivity index (χ3v) is 2.54. The molecule has 2 aromatic rings. The number of halogens is 2. The molecule has 0 heterocycles. The Kier molecular flexibility index (Phi) is 3.61. The van der Waals surface area contributed by atoms with Crippen LogP contribution in [-0.2, 0) is 6.61 Å². The normalized spacial score (nSPS) is 10.3. The van der Waals surface area contributed by atoms with Crippen LogP contribution >= 0.6 is 11.6 Å². The summed E-state index contributed by atoms with van der Waals surface area (Å²) in [4.78, 5) is 0. The Balaban J connectivity index is 2.22. The maximum atomic E-state index is 13.5. The van der Waals surface area contributed by atoms with Gasteiger partial charge in [-0.05, 0) is 29.8 Å². The van der Waals surface area contributed by atoms with Gasteiger partial charge in [-0.3, -0.25) is 0 Å². The van der Waals surface area contributed by atoms with Gasteiger partial charge in [0.25, 0.3) is 0 Å². The smallest absolute Gasteiger partial charge is 0.184 e. The van der Waals surface area contributed by atoms with Crippen molar-refractivity contribution < 1.29 is 14.2 Å². The van der Waals surface area contributed by atoms with Crippen molar-refractivity contribution in [2.75, 3.05) is 0 Å². The number of aliphatic hydroxyl groups excluding tert-OH is 1. The molecule has 0 radical (unpaired) electrons. The highest BCUT2D eigenvalue weighted by atomic mass is 35.5. The lowest BCUT2D eigenvalue weighted by Gasteiger charge is -2.07. The fourth-order valence-electron chi connectivity index (χ4n) is 1.35. The summed E-state index contributed by atoms with van der Waals surface area (Å²) in [5.41, 5.74) is 0.768. The molecule has 0 aromatic heterocycles. The number of rotatable bonds is 3. The monoisotopic (exact) mass is 252 g/mol. The molecule has 0 aliphatic heterocycles. The van der Waals surface area contributed by atoms with Gasteiger partial charge in [-0.15, -0.1) is 0 Å². The van der Waals surface area contributed by atoms with Gasteiger partial charge in [0.05, 0.1) is 11.6 Å². The second-order valence-electron chi connectivity index (χ2n) is 3.46. The quantitative estimate of drug-likeness (QED) is 0.901. The first-order valence-electron chi connectivity index (χ1n) is 5.02. The van der Waals surface area contributed by atoms with Gasteiger partial charge in [0.2, 0.25) is 0 Å². The summed E-state index contributed by atoms with van der Waals surface area (Å²) in [5, 5.41) is 8.90. The highest BCUT2D eigenvalue weighted by molar-refractivity contribution is 6.30. The SMILES string of the molecule is OCc1ccc(Oc2cccc(Cl)c2F)cc1. The van der Waals surface area contributed by atoms with Crippen molar-refractivity contribution in [2.24, 2.45) is 0 Å². The Morgan fingerprint density at radius 1 is 1.12 bits per heavy atom. The summed E-state index contributed by atoms with van der Waals surface area (Å²) in [7, 11) is 0. The summed E-state index contributed by atoms with van der Waals surface area (Å²) in [6, 6.07) is 11.3. The maximum Gasteiger partial charge on any atom is 0.184 e. The Labute approximate surface area is 103 Å². The number of benzene rings is 2. The fraction of sp³-hybridized carbons (Fsp3) is 0.0769. The summed E-state index contributed by atoms with van der Waals surface area (Å²) < 4.78 is 18.9. The summed E-state index contributed by atoms with van der Waals surface area (Å²) in [6.07, 6.45) is 0. The predicted octanol–water partition coefficient (Wildman–Crippen LogP) is 3.76. The molecule has 0 unspecified atom stereocenters. The molecule has 0 aliphatic carbocycles. The molecule has 0 amide bonds. The van der Waals surface area contributed by atoms with Crippen molar-refractivity contribution in [2.45, 2.75) is 6.61 Å². The standard InChI is InChI=1S/C13H10ClFO2/c14-11-2-1-3-12(13(11)15)17-10-6-4-9(8-16)5-7-10/h1-7,16H,8H2. The first-order valence-corrected chi connectivity index (χ1v) is 5.40. The van der Waals surface area contributed by atoms with Crippen molar-refractivity contribution in [1.82, 2.24) is 0 Å².